The molecule has 0 amide bonds. The highest BCUT2D eigenvalue weighted by molar-refractivity contribution is 9.10. The monoisotopic (exact) mass is 327 g/mol. The van der Waals surface area contributed by atoms with E-state index >= 15 is 0 Å². The number of fused-ring (bicyclic) bond motifs is 1. The summed E-state index contributed by atoms with van der Waals surface area (Å²) in [6.45, 7) is 1.90. The van der Waals surface area contributed by atoms with Crippen LogP contribution in [0.2, 0.25) is 0 Å². The lowest BCUT2D eigenvalue weighted by Gasteiger charge is -2.08. The smallest absolute Gasteiger partial charge is 0.207 e. The van der Waals surface area contributed by atoms with Gasteiger partial charge in [0.2, 0.25) is 5.95 Å². The number of rotatable bonds is 1. The number of aryl methyl sites for hydroxylation is 1. The Morgan fingerprint density at radius 1 is 1.25 bits per heavy atom. The van der Waals surface area contributed by atoms with Gasteiger partial charge in [0.1, 0.15) is 11.6 Å². The second kappa shape index (κ2) is 4.62. The molecular formula is C14H10BrN5. The van der Waals surface area contributed by atoms with E-state index in [1.165, 1.54) is 0 Å². The molecule has 5 nitrogen and oxygen atoms in total. The van der Waals surface area contributed by atoms with Crippen LogP contribution in [0.25, 0.3) is 16.9 Å². The van der Waals surface area contributed by atoms with Gasteiger partial charge in [-0.3, -0.25) is 4.57 Å². The molecule has 0 bridgehead atoms. The first-order chi connectivity index (χ1) is 9.60. The molecule has 0 aliphatic carbocycles. The first kappa shape index (κ1) is 12.6. The number of nitriles is 1. The Bertz CT molecular complexity index is 860. The zero-order valence-corrected chi connectivity index (χ0v) is 12.2. The van der Waals surface area contributed by atoms with Crippen LogP contribution in [0.15, 0.2) is 34.8 Å². The topological polar surface area (TPSA) is 80.5 Å². The molecule has 0 aliphatic rings. The molecule has 0 unspecified atom stereocenters. The summed E-state index contributed by atoms with van der Waals surface area (Å²) in [6, 6.07) is 11.3. The molecule has 0 aliphatic heterocycles. The molecule has 6 heteroatoms. The average molecular weight is 328 g/mol. The molecule has 20 heavy (non-hydrogen) atoms. The second-order valence-corrected chi connectivity index (χ2v) is 5.29. The van der Waals surface area contributed by atoms with Crippen LogP contribution in [0.3, 0.4) is 0 Å². The third-order valence-electron chi connectivity index (χ3n) is 2.99. The van der Waals surface area contributed by atoms with Crippen molar-refractivity contribution in [1.29, 1.82) is 5.26 Å². The lowest BCUT2D eigenvalue weighted by molar-refractivity contribution is 1.06. The van der Waals surface area contributed by atoms with E-state index in [0.29, 0.717) is 28.4 Å². The number of imidazole rings is 1. The largest absolute Gasteiger partial charge is 0.369 e. The molecule has 3 aromatic rings. The van der Waals surface area contributed by atoms with Crippen LogP contribution in [-0.4, -0.2) is 14.5 Å². The number of halogens is 1. The van der Waals surface area contributed by atoms with Crippen LogP contribution in [0, 0.1) is 18.3 Å². The highest BCUT2D eigenvalue weighted by Crippen LogP contribution is 2.26. The molecule has 0 saturated heterocycles. The van der Waals surface area contributed by atoms with Crippen molar-refractivity contribution in [1.82, 2.24) is 14.5 Å². The van der Waals surface area contributed by atoms with Crippen molar-refractivity contribution in [3.05, 3.63) is 46.1 Å². The summed E-state index contributed by atoms with van der Waals surface area (Å²) in [5.74, 6) is 0.317. The number of nitrogens with two attached hydrogens (primary N) is 1. The molecule has 0 saturated carbocycles. The fourth-order valence-electron chi connectivity index (χ4n) is 2.10. The number of benzene rings is 1. The van der Waals surface area contributed by atoms with Gasteiger partial charge in [-0.05, 0) is 37.3 Å². The van der Waals surface area contributed by atoms with Crippen molar-refractivity contribution in [2.24, 2.45) is 0 Å². The molecule has 2 aromatic heterocycles. The van der Waals surface area contributed by atoms with Crippen LogP contribution >= 0.6 is 15.9 Å². The molecule has 2 heterocycles. The van der Waals surface area contributed by atoms with Crippen LogP contribution < -0.4 is 5.73 Å². The van der Waals surface area contributed by atoms with E-state index in [9.17, 15) is 5.26 Å². The minimum absolute atomic E-state index is 0.317. The Morgan fingerprint density at radius 2 is 2.05 bits per heavy atom. The van der Waals surface area contributed by atoms with Gasteiger partial charge in [-0.2, -0.15) is 5.26 Å². The maximum Gasteiger partial charge on any atom is 0.207 e. The number of hydrogen-bond donors (Lipinski definition) is 1. The van der Waals surface area contributed by atoms with Crippen molar-refractivity contribution < 1.29 is 0 Å². The molecule has 0 atom stereocenters. The predicted molar refractivity (Wildman–Crippen MR) is 80.4 cm³/mol. The second-order valence-electron chi connectivity index (χ2n) is 4.37. The van der Waals surface area contributed by atoms with Gasteiger partial charge in [-0.1, -0.05) is 15.9 Å². The van der Waals surface area contributed by atoms with Crippen molar-refractivity contribution in [2.75, 3.05) is 5.73 Å². The van der Waals surface area contributed by atoms with Crippen molar-refractivity contribution in [3.63, 3.8) is 0 Å². The van der Waals surface area contributed by atoms with Crippen molar-refractivity contribution in [2.45, 2.75) is 6.92 Å². The molecule has 0 spiro atoms. The summed E-state index contributed by atoms with van der Waals surface area (Å²) in [6.07, 6.45) is 0. The molecule has 0 fully saturated rings. The van der Waals surface area contributed by atoms with E-state index < -0.39 is 0 Å². The highest BCUT2D eigenvalue weighted by Gasteiger charge is 2.14. The summed E-state index contributed by atoms with van der Waals surface area (Å²) >= 11 is 3.36. The predicted octanol–water partition coefficient (Wildman–Crippen LogP) is 2.95. The first-order valence-electron chi connectivity index (χ1n) is 5.92. The van der Waals surface area contributed by atoms with E-state index in [2.05, 4.69) is 32.0 Å². The maximum atomic E-state index is 9.29. The van der Waals surface area contributed by atoms with Crippen molar-refractivity contribution in [3.8, 4) is 11.8 Å². The average Bonchev–Trinajstić information content (AvgIpc) is 2.74. The van der Waals surface area contributed by atoms with Crippen LogP contribution in [0.4, 0.5) is 5.95 Å². The van der Waals surface area contributed by atoms with E-state index in [4.69, 9.17) is 5.73 Å². The molecular weight excluding hydrogens is 318 g/mol. The summed E-state index contributed by atoms with van der Waals surface area (Å²) < 4.78 is 2.54. The maximum absolute atomic E-state index is 9.29. The minimum Gasteiger partial charge on any atom is -0.369 e. The van der Waals surface area contributed by atoms with Gasteiger partial charge >= 0.3 is 0 Å². The Hall–Kier alpha value is -2.39. The normalized spacial score (nSPS) is 10.7. The van der Waals surface area contributed by atoms with Gasteiger partial charge in [0.25, 0.3) is 0 Å². The van der Waals surface area contributed by atoms with Crippen molar-refractivity contribution >= 4 is 33.0 Å². The first-order valence-corrected chi connectivity index (χ1v) is 6.71. The standard InChI is InChI=1S/C14H10BrN5/c1-8-2-4-11-13(18-8)20(14(17)19-11)12-5-3-10(15)6-9(12)7-16/h2-6H,1H3,(H2,17,19). The van der Waals surface area contributed by atoms with Gasteiger partial charge in [-0.15, -0.1) is 0 Å². The number of nitrogen functional groups attached to an aromatic ring is 1. The molecule has 98 valence electrons. The van der Waals surface area contributed by atoms with Crippen LogP contribution in [0.5, 0.6) is 0 Å². The molecule has 0 radical (unpaired) electrons. The third kappa shape index (κ3) is 1.92. The lowest BCUT2D eigenvalue weighted by atomic mass is 10.2. The number of anilines is 1. The minimum atomic E-state index is 0.317. The summed E-state index contributed by atoms with van der Waals surface area (Å²) in [5, 5.41) is 9.29. The SMILES string of the molecule is Cc1ccc2nc(N)n(-c3ccc(Br)cc3C#N)c2n1. The number of pyridine rings is 1. The fraction of sp³-hybridized carbons (Fsp3) is 0.0714. The van der Waals surface area contributed by atoms with Crippen LogP contribution in [-0.2, 0) is 0 Å². The fourth-order valence-corrected chi connectivity index (χ4v) is 2.46. The Balaban J connectivity index is 2.38. The summed E-state index contributed by atoms with van der Waals surface area (Å²) in [7, 11) is 0. The number of hydrogen-bond acceptors (Lipinski definition) is 4. The van der Waals surface area contributed by atoms with Crippen LogP contribution in [0.1, 0.15) is 11.3 Å². The van der Waals surface area contributed by atoms with E-state index in [1.54, 1.807) is 10.6 Å². The highest BCUT2D eigenvalue weighted by atomic mass is 79.9. The van der Waals surface area contributed by atoms with E-state index in [1.807, 2.05) is 31.2 Å². The third-order valence-corrected chi connectivity index (χ3v) is 3.48. The van der Waals surface area contributed by atoms with Gasteiger partial charge in [-0.25, -0.2) is 9.97 Å². The Morgan fingerprint density at radius 3 is 2.80 bits per heavy atom. The quantitative estimate of drug-likeness (QED) is 0.745. The zero-order valence-electron chi connectivity index (χ0n) is 10.6. The van der Waals surface area contributed by atoms with E-state index in [0.717, 1.165) is 10.2 Å². The molecule has 2 N–H and O–H groups in total. The van der Waals surface area contributed by atoms with Gasteiger partial charge in [0.15, 0.2) is 5.65 Å². The van der Waals surface area contributed by atoms with E-state index in [-0.39, 0.29) is 0 Å². The zero-order chi connectivity index (χ0) is 14.3. The van der Waals surface area contributed by atoms with Gasteiger partial charge < -0.3 is 5.73 Å². The summed E-state index contributed by atoms with van der Waals surface area (Å²) in [5.41, 5.74) is 9.40. The Labute approximate surface area is 123 Å². The van der Waals surface area contributed by atoms with Gasteiger partial charge in [0, 0.05) is 10.2 Å². The van der Waals surface area contributed by atoms with Gasteiger partial charge in [0.05, 0.1) is 11.3 Å². The molecule has 1 aromatic carbocycles. The summed E-state index contributed by atoms with van der Waals surface area (Å²) in [4.78, 5) is 8.76. The molecule has 3 rings (SSSR count). The number of aromatic nitrogens is 3. The lowest BCUT2D eigenvalue weighted by Crippen LogP contribution is -2.04. The number of nitrogens with zero attached hydrogens (tertiary/aromatic N) is 4. The Kier molecular flexibility index (Phi) is 2.92.